The van der Waals surface area contributed by atoms with Crippen LogP contribution in [0.25, 0.3) is 0 Å². The Morgan fingerprint density at radius 3 is 2.71 bits per heavy atom. The molecular formula is C15H20O2. The van der Waals surface area contributed by atoms with E-state index in [1.54, 1.807) is 0 Å². The van der Waals surface area contributed by atoms with Crippen molar-refractivity contribution in [2.45, 2.75) is 38.9 Å². The van der Waals surface area contributed by atoms with Gasteiger partial charge in [0.25, 0.3) is 0 Å². The Morgan fingerprint density at radius 2 is 2.12 bits per heavy atom. The molecule has 1 unspecified atom stereocenters. The average molecular weight is 232 g/mol. The van der Waals surface area contributed by atoms with Crippen molar-refractivity contribution >= 4 is 0 Å². The maximum Gasteiger partial charge on any atom is 0.199 e. The topological polar surface area (TPSA) is 18.5 Å². The van der Waals surface area contributed by atoms with Crippen molar-refractivity contribution in [1.29, 1.82) is 0 Å². The summed E-state index contributed by atoms with van der Waals surface area (Å²) >= 11 is 0. The number of benzene rings is 1. The Bertz CT molecular complexity index is 361. The summed E-state index contributed by atoms with van der Waals surface area (Å²) < 4.78 is 11.3. The van der Waals surface area contributed by atoms with Gasteiger partial charge in [0.05, 0.1) is 6.61 Å². The minimum Gasteiger partial charge on any atom is -0.465 e. The van der Waals surface area contributed by atoms with E-state index in [4.69, 9.17) is 9.47 Å². The molecule has 2 nitrogen and oxygen atoms in total. The molecule has 0 saturated carbocycles. The fourth-order valence-electron chi connectivity index (χ4n) is 1.99. The zero-order chi connectivity index (χ0) is 12.1. The van der Waals surface area contributed by atoms with Crippen molar-refractivity contribution < 1.29 is 9.47 Å². The Labute approximate surface area is 103 Å². The number of hydrogen-bond donors (Lipinski definition) is 0. The lowest BCUT2D eigenvalue weighted by atomic mass is 10.1. The highest BCUT2D eigenvalue weighted by Crippen LogP contribution is 2.20. The molecule has 1 aliphatic rings. The second-order valence-corrected chi connectivity index (χ2v) is 4.69. The Hall–Kier alpha value is -1.28. The Morgan fingerprint density at radius 1 is 1.35 bits per heavy atom. The molecule has 1 fully saturated rings. The van der Waals surface area contributed by atoms with Gasteiger partial charge in [0.15, 0.2) is 6.29 Å². The lowest BCUT2D eigenvalue weighted by Crippen LogP contribution is -2.24. The van der Waals surface area contributed by atoms with Crippen molar-refractivity contribution in [3.05, 3.63) is 42.0 Å². The van der Waals surface area contributed by atoms with E-state index in [0.29, 0.717) is 0 Å². The number of hydrogen-bond acceptors (Lipinski definition) is 2. The molecule has 92 valence electrons. The summed E-state index contributed by atoms with van der Waals surface area (Å²) in [6.07, 6.45) is 4.21. The minimum atomic E-state index is -0.0595. The van der Waals surface area contributed by atoms with Crippen LogP contribution in [0.3, 0.4) is 0 Å². The van der Waals surface area contributed by atoms with Crippen molar-refractivity contribution in [3.8, 4) is 5.75 Å². The third-order valence-electron chi connectivity index (χ3n) is 2.83. The van der Waals surface area contributed by atoms with Gasteiger partial charge in [-0.1, -0.05) is 24.3 Å². The smallest absolute Gasteiger partial charge is 0.199 e. The Kier molecular flexibility index (Phi) is 4.21. The van der Waals surface area contributed by atoms with E-state index >= 15 is 0 Å². The number of ether oxygens (including phenoxy) is 2. The minimum absolute atomic E-state index is 0.0595. The second-order valence-electron chi connectivity index (χ2n) is 4.69. The monoisotopic (exact) mass is 232 g/mol. The summed E-state index contributed by atoms with van der Waals surface area (Å²) in [5, 5.41) is 0. The van der Waals surface area contributed by atoms with Gasteiger partial charge in [0.1, 0.15) is 5.75 Å². The van der Waals surface area contributed by atoms with Gasteiger partial charge in [0, 0.05) is 6.42 Å². The van der Waals surface area contributed by atoms with Crippen LogP contribution >= 0.6 is 0 Å². The fraction of sp³-hybridized carbons (Fsp3) is 0.467. The number of allylic oxidation sites excluding steroid dienone is 1. The molecule has 1 aromatic carbocycles. The van der Waals surface area contributed by atoms with Crippen LogP contribution in [-0.4, -0.2) is 12.9 Å². The molecule has 2 rings (SSSR count). The van der Waals surface area contributed by atoms with Gasteiger partial charge in [0.2, 0.25) is 0 Å². The summed E-state index contributed by atoms with van der Waals surface area (Å²) in [5.41, 5.74) is 2.45. The summed E-state index contributed by atoms with van der Waals surface area (Å²) in [5.74, 6) is 0.891. The molecule has 0 N–H and O–H groups in total. The van der Waals surface area contributed by atoms with Crippen LogP contribution in [0.1, 0.15) is 31.7 Å². The third kappa shape index (κ3) is 3.90. The second kappa shape index (κ2) is 5.87. The van der Waals surface area contributed by atoms with E-state index in [0.717, 1.165) is 31.6 Å². The predicted octanol–water partition coefficient (Wildman–Crippen LogP) is 3.71. The molecule has 2 heteroatoms. The SMILES string of the molecule is C=C(C)Cc1ccc(OC2CCCCO2)cc1. The van der Waals surface area contributed by atoms with Gasteiger partial charge in [-0.2, -0.15) is 0 Å². The van der Waals surface area contributed by atoms with Crippen LogP contribution in [0, 0.1) is 0 Å². The van der Waals surface area contributed by atoms with Crippen molar-refractivity contribution in [1.82, 2.24) is 0 Å². The van der Waals surface area contributed by atoms with Gasteiger partial charge < -0.3 is 9.47 Å². The van der Waals surface area contributed by atoms with Crippen molar-refractivity contribution in [2.75, 3.05) is 6.61 Å². The molecule has 0 aliphatic carbocycles. The first-order valence-corrected chi connectivity index (χ1v) is 6.25. The van der Waals surface area contributed by atoms with E-state index in [9.17, 15) is 0 Å². The van der Waals surface area contributed by atoms with E-state index < -0.39 is 0 Å². The first kappa shape index (κ1) is 12.2. The first-order valence-electron chi connectivity index (χ1n) is 6.25. The van der Waals surface area contributed by atoms with Gasteiger partial charge in [-0.3, -0.25) is 0 Å². The molecule has 0 bridgehead atoms. The quantitative estimate of drug-likeness (QED) is 0.737. The maximum atomic E-state index is 5.77. The molecule has 0 spiro atoms. The maximum absolute atomic E-state index is 5.77. The van der Waals surface area contributed by atoms with E-state index in [-0.39, 0.29) is 6.29 Å². The summed E-state index contributed by atoms with van der Waals surface area (Å²) in [7, 11) is 0. The average Bonchev–Trinajstić information content (AvgIpc) is 2.32. The van der Waals surface area contributed by atoms with Crippen molar-refractivity contribution in [3.63, 3.8) is 0 Å². The molecule has 1 aliphatic heterocycles. The predicted molar refractivity (Wildman–Crippen MR) is 69.2 cm³/mol. The normalized spacial score (nSPS) is 19.9. The lowest BCUT2D eigenvalue weighted by molar-refractivity contribution is -0.105. The fourth-order valence-corrected chi connectivity index (χ4v) is 1.99. The molecule has 1 atom stereocenters. The first-order chi connectivity index (χ1) is 8.24. The molecule has 0 amide bonds. The highest BCUT2D eigenvalue weighted by Gasteiger charge is 2.14. The molecule has 1 heterocycles. The van der Waals surface area contributed by atoms with Crippen LogP contribution in [-0.2, 0) is 11.2 Å². The molecule has 0 radical (unpaired) electrons. The largest absolute Gasteiger partial charge is 0.465 e. The lowest BCUT2D eigenvalue weighted by Gasteiger charge is -2.23. The Balaban J connectivity index is 1.90. The van der Waals surface area contributed by atoms with Crippen LogP contribution < -0.4 is 4.74 Å². The summed E-state index contributed by atoms with van der Waals surface area (Å²) in [6.45, 7) is 6.77. The number of rotatable bonds is 4. The summed E-state index contributed by atoms with van der Waals surface area (Å²) in [4.78, 5) is 0. The summed E-state index contributed by atoms with van der Waals surface area (Å²) in [6, 6.07) is 8.20. The molecule has 17 heavy (non-hydrogen) atoms. The van der Waals surface area contributed by atoms with Crippen LogP contribution in [0.5, 0.6) is 5.75 Å². The van der Waals surface area contributed by atoms with Gasteiger partial charge >= 0.3 is 0 Å². The highest BCUT2D eigenvalue weighted by molar-refractivity contribution is 5.29. The van der Waals surface area contributed by atoms with E-state index in [1.807, 2.05) is 19.1 Å². The van der Waals surface area contributed by atoms with Crippen molar-refractivity contribution in [2.24, 2.45) is 0 Å². The van der Waals surface area contributed by atoms with Gasteiger partial charge in [-0.15, -0.1) is 0 Å². The third-order valence-corrected chi connectivity index (χ3v) is 2.83. The van der Waals surface area contributed by atoms with Crippen LogP contribution in [0.2, 0.25) is 0 Å². The zero-order valence-electron chi connectivity index (χ0n) is 10.4. The zero-order valence-corrected chi connectivity index (χ0v) is 10.4. The molecular weight excluding hydrogens is 212 g/mol. The highest BCUT2D eigenvalue weighted by atomic mass is 16.7. The standard InChI is InChI=1S/C15H20O2/c1-12(2)11-13-6-8-14(9-7-13)17-15-5-3-4-10-16-15/h6-9,15H,1,3-5,10-11H2,2H3. The van der Waals surface area contributed by atoms with Crippen LogP contribution in [0.4, 0.5) is 0 Å². The molecule has 1 saturated heterocycles. The van der Waals surface area contributed by atoms with Crippen LogP contribution in [0.15, 0.2) is 36.4 Å². The van der Waals surface area contributed by atoms with Gasteiger partial charge in [-0.05, 0) is 43.9 Å². The van der Waals surface area contributed by atoms with E-state index in [1.165, 1.54) is 17.6 Å². The molecule has 1 aromatic rings. The van der Waals surface area contributed by atoms with E-state index in [2.05, 4.69) is 18.7 Å². The van der Waals surface area contributed by atoms with Gasteiger partial charge in [-0.25, -0.2) is 0 Å². The molecule has 0 aromatic heterocycles.